The zero-order valence-corrected chi connectivity index (χ0v) is 12.0. The number of primary amides is 1. The average Bonchev–Trinajstić information content (AvgIpc) is 2.92. The highest BCUT2D eigenvalue weighted by molar-refractivity contribution is 5.96. The quantitative estimate of drug-likeness (QED) is 0.790. The van der Waals surface area contributed by atoms with Crippen LogP contribution in [0.5, 0.6) is 0 Å². The highest BCUT2D eigenvalue weighted by atomic mass is 16.2. The molecule has 5 heteroatoms. The second kappa shape index (κ2) is 5.85. The monoisotopic (exact) mass is 287 g/mol. The number of carbonyl (C=O) groups is 2. The summed E-state index contributed by atoms with van der Waals surface area (Å²) in [5.41, 5.74) is 6.33. The van der Waals surface area contributed by atoms with E-state index in [-0.39, 0.29) is 11.9 Å². The molecule has 0 radical (unpaired) electrons. The van der Waals surface area contributed by atoms with Crippen LogP contribution in [0.2, 0.25) is 0 Å². The number of rotatable bonds is 3. The molecule has 2 amide bonds. The summed E-state index contributed by atoms with van der Waals surface area (Å²) in [4.78, 5) is 23.3. The fourth-order valence-corrected chi connectivity index (χ4v) is 3.47. The van der Waals surface area contributed by atoms with Crippen LogP contribution in [-0.4, -0.2) is 23.9 Å². The normalized spacial score (nSPS) is 27.9. The molecular weight excluding hydrogens is 266 g/mol. The van der Waals surface area contributed by atoms with E-state index in [1.54, 1.807) is 24.3 Å². The lowest BCUT2D eigenvalue weighted by molar-refractivity contribution is -0.117. The molecule has 0 aromatic heterocycles. The molecule has 3 atom stereocenters. The Morgan fingerprint density at radius 2 is 1.86 bits per heavy atom. The summed E-state index contributed by atoms with van der Waals surface area (Å²) in [6.45, 7) is 0. The van der Waals surface area contributed by atoms with Gasteiger partial charge in [0.05, 0.1) is 6.04 Å². The van der Waals surface area contributed by atoms with Gasteiger partial charge in [-0.25, -0.2) is 0 Å². The maximum atomic E-state index is 12.3. The first-order valence-corrected chi connectivity index (χ1v) is 7.60. The van der Waals surface area contributed by atoms with Crippen molar-refractivity contribution in [2.45, 2.75) is 44.2 Å². The number of hydrogen-bond donors (Lipinski definition) is 3. The van der Waals surface area contributed by atoms with Crippen molar-refractivity contribution in [3.63, 3.8) is 0 Å². The fourth-order valence-electron chi connectivity index (χ4n) is 3.47. The maximum Gasteiger partial charge on any atom is 0.248 e. The highest BCUT2D eigenvalue weighted by Gasteiger charge is 2.38. The predicted octanol–water partition coefficient (Wildman–Crippen LogP) is 1.64. The van der Waals surface area contributed by atoms with Gasteiger partial charge >= 0.3 is 0 Å². The lowest BCUT2D eigenvalue weighted by Crippen LogP contribution is -2.39. The first-order valence-electron chi connectivity index (χ1n) is 7.60. The van der Waals surface area contributed by atoms with E-state index in [1.807, 2.05) is 0 Å². The summed E-state index contributed by atoms with van der Waals surface area (Å²) in [5.74, 6) is 0.192. The third kappa shape index (κ3) is 3.08. The van der Waals surface area contributed by atoms with Crippen molar-refractivity contribution in [1.82, 2.24) is 5.32 Å². The Labute approximate surface area is 124 Å². The maximum absolute atomic E-state index is 12.3. The molecule has 2 aliphatic rings. The minimum atomic E-state index is -0.464. The summed E-state index contributed by atoms with van der Waals surface area (Å²) in [6.07, 6.45) is 5.88. The van der Waals surface area contributed by atoms with Gasteiger partial charge in [0.2, 0.25) is 11.8 Å². The van der Waals surface area contributed by atoms with Crippen LogP contribution in [0.4, 0.5) is 5.69 Å². The van der Waals surface area contributed by atoms with Gasteiger partial charge in [0.15, 0.2) is 0 Å². The highest BCUT2D eigenvalue weighted by Crippen LogP contribution is 2.33. The molecule has 1 aliphatic heterocycles. The Balaban J connectivity index is 1.60. The molecule has 5 nitrogen and oxygen atoms in total. The molecule has 4 N–H and O–H groups in total. The summed E-state index contributed by atoms with van der Waals surface area (Å²) in [7, 11) is 0. The molecule has 1 saturated carbocycles. The standard InChI is InChI=1S/C16H21N3O2/c17-15(20)10-5-7-12(8-6-10)18-16(21)14-9-11-3-1-2-4-13(11)19-14/h5-8,11,13-14,19H,1-4,9H2,(H2,17,20)(H,18,21). The van der Waals surface area contributed by atoms with E-state index < -0.39 is 5.91 Å². The molecule has 3 rings (SSSR count). The van der Waals surface area contributed by atoms with E-state index in [9.17, 15) is 9.59 Å². The summed E-state index contributed by atoms with van der Waals surface area (Å²) in [6, 6.07) is 7.07. The van der Waals surface area contributed by atoms with E-state index in [1.165, 1.54) is 25.7 Å². The van der Waals surface area contributed by atoms with E-state index in [2.05, 4.69) is 10.6 Å². The van der Waals surface area contributed by atoms with Gasteiger partial charge in [0.1, 0.15) is 0 Å². The largest absolute Gasteiger partial charge is 0.366 e. The van der Waals surface area contributed by atoms with Crippen molar-refractivity contribution >= 4 is 17.5 Å². The van der Waals surface area contributed by atoms with Crippen molar-refractivity contribution in [3.05, 3.63) is 29.8 Å². The van der Waals surface area contributed by atoms with Gasteiger partial charge in [-0.05, 0) is 49.4 Å². The van der Waals surface area contributed by atoms with Crippen molar-refractivity contribution in [2.24, 2.45) is 11.7 Å². The molecule has 1 aromatic rings. The van der Waals surface area contributed by atoms with Gasteiger partial charge < -0.3 is 16.4 Å². The Hall–Kier alpha value is -1.88. The van der Waals surface area contributed by atoms with Gasteiger partial charge in [0, 0.05) is 17.3 Å². The second-order valence-corrected chi connectivity index (χ2v) is 6.04. The molecule has 112 valence electrons. The minimum absolute atomic E-state index is 0.0104. The Morgan fingerprint density at radius 1 is 1.14 bits per heavy atom. The molecule has 1 heterocycles. The van der Waals surface area contributed by atoms with Crippen molar-refractivity contribution in [1.29, 1.82) is 0 Å². The SMILES string of the molecule is NC(=O)c1ccc(NC(=O)C2CC3CCCCC3N2)cc1. The van der Waals surface area contributed by atoms with Crippen LogP contribution < -0.4 is 16.4 Å². The third-order valence-electron chi connectivity index (χ3n) is 4.62. The number of nitrogens with one attached hydrogen (secondary N) is 2. The summed E-state index contributed by atoms with van der Waals surface area (Å²) < 4.78 is 0. The van der Waals surface area contributed by atoms with Gasteiger partial charge in [0.25, 0.3) is 0 Å². The van der Waals surface area contributed by atoms with Gasteiger partial charge in [-0.1, -0.05) is 12.8 Å². The molecule has 1 aromatic carbocycles. The molecule has 1 saturated heterocycles. The Bertz CT molecular complexity index is 527. The van der Waals surface area contributed by atoms with Crippen LogP contribution in [0.15, 0.2) is 24.3 Å². The van der Waals surface area contributed by atoms with Gasteiger partial charge in [-0.3, -0.25) is 9.59 Å². The zero-order chi connectivity index (χ0) is 14.8. The van der Waals surface area contributed by atoms with Crippen LogP contribution in [0.1, 0.15) is 42.5 Å². The second-order valence-electron chi connectivity index (χ2n) is 6.04. The topological polar surface area (TPSA) is 84.2 Å². The lowest BCUT2D eigenvalue weighted by Gasteiger charge is -2.24. The Kier molecular flexibility index (Phi) is 3.92. The lowest BCUT2D eigenvalue weighted by atomic mass is 9.85. The molecule has 0 spiro atoms. The van der Waals surface area contributed by atoms with Crippen molar-refractivity contribution < 1.29 is 9.59 Å². The van der Waals surface area contributed by atoms with Crippen LogP contribution in [0.25, 0.3) is 0 Å². The number of benzene rings is 1. The predicted molar refractivity (Wildman–Crippen MR) is 80.9 cm³/mol. The number of carbonyl (C=O) groups excluding carboxylic acids is 2. The Morgan fingerprint density at radius 3 is 2.52 bits per heavy atom. The van der Waals surface area contributed by atoms with E-state index in [0.717, 1.165) is 6.42 Å². The van der Waals surface area contributed by atoms with Gasteiger partial charge in [-0.2, -0.15) is 0 Å². The smallest absolute Gasteiger partial charge is 0.248 e. The fraction of sp³-hybridized carbons (Fsp3) is 0.500. The van der Waals surface area contributed by atoms with E-state index >= 15 is 0 Å². The zero-order valence-electron chi connectivity index (χ0n) is 12.0. The third-order valence-corrected chi connectivity index (χ3v) is 4.62. The first kappa shape index (κ1) is 14.1. The van der Waals surface area contributed by atoms with E-state index in [4.69, 9.17) is 5.73 Å². The molecule has 3 unspecified atom stereocenters. The van der Waals surface area contributed by atoms with Crippen molar-refractivity contribution in [3.8, 4) is 0 Å². The van der Waals surface area contributed by atoms with Gasteiger partial charge in [-0.15, -0.1) is 0 Å². The first-order chi connectivity index (χ1) is 10.1. The molecule has 0 bridgehead atoms. The van der Waals surface area contributed by atoms with E-state index in [0.29, 0.717) is 23.2 Å². The van der Waals surface area contributed by atoms with Crippen molar-refractivity contribution in [2.75, 3.05) is 5.32 Å². The number of fused-ring (bicyclic) bond motifs is 1. The van der Waals surface area contributed by atoms with Crippen LogP contribution >= 0.6 is 0 Å². The number of amides is 2. The molecular formula is C16H21N3O2. The summed E-state index contributed by atoms with van der Waals surface area (Å²) >= 11 is 0. The minimum Gasteiger partial charge on any atom is -0.366 e. The van der Waals surface area contributed by atoms with Crippen LogP contribution in [0, 0.1) is 5.92 Å². The molecule has 1 aliphatic carbocycles. The van der Waals surface area contributed by atoms with Crippen LogP contribution in [-0.2, 0) is 4.79 Å². The number of hydrogen-bond acceptors (Lipinski definition) is 3. The average molecular weight is 287 g/mol. The number of anilines is 1. The number of nitrogens with two attached hydrogens (primary N) is 1. The molecule has 21 heavy (non-hydrogen) atoms. The van der Waals surface area contributed by atoms with Crippen LogP contribution in [0.3, 0.4) is 0 Å². The summed E-state index contributed by atoms with van der Waals surface area (Å²) in [5, 5.41) is 6.36. The molecule has 2 fully saturated rings.